The molecule has 1 rings (SSSR count). The highest BCUT2D eigenvalue weighted by Gasteiger charge is 2.23. The van der Waals surface area contributed by atoms with Crippen LogP contribution in [0.15, 0.2) is 9.64 Å². The molecule has 0 aromatic carbocycles. The first-order valence-corrected chi connectivity index (χ1v) is 6.96. The van der Waals surface area contributed by atoms with Crippen molar-refractivity contribution in [2.24, 2.45) is 5.92 Å². The van der Waals surface area contributed by atoms with Gasteiger partial charge in [0.1, 0.15) is 0 Å². The molecule has 0 bridgehead atoms. The van der Waals surface area contributed by atoms with E-state index >= 15 is 0 Å². The fraction of sp³-hybridized carbons (Fsp3) is 0.818. The van der Waals surface area contributed by atoms with Crippen LogP contribution in [0.1, 0.15) is 52.0 Å². The Bertz CT molecular complexity index is 303. The van der Waals surface area contributed by atoms with E-state index < -0.39 is 0 Å². The number of nitrogens with zero attached hydrogens (tertiary/aromatic N) is 2. The van der Waals surface area contributed by atoms with Gasteiger partial charge in [-0.15, -0.1) is 10.2 Å². The van der Waals surface area contributed by atoms with Crippen molar-refractivity contribution in [3.05, 3.63) is 5.89 Å². The van der Waals surface area contributed by atoms with E-state index in [1.54, 1.807) is 11.8 Å². The van der Waals surface area contributed by atoms with Gasteiger partial charge in [-0.1, -0.05) is 39.0 Å². The first kappa shape index (κ1) is 13.5. The third kappa shape index (κ3) is 3.79. The quantitative estimate of drug-likeness (QED) is 0.590. The summed E-state index contributed by atoms with van der Waals surface area (Å²) in [5.41, 5.74) is 4.08. The maximum Gasteiger partial charge on any atom is 0.276 e. The van der Waals surface area contributed by atoms with E-state index in [0.717, 1.165) is 12.2 Å². The van der Waals surface area contributed by atoms with Gasteiger partial charge in [0.2, 0.25) is 0 Å². The maximum absolute atomic E-state index is 5.59. The van der Waals surface area contributed by atoms with Crippen LogP contribution in [0.2, 0.25) is 0 Å². The van der Waals surface area contributed by atoms with Crippen molar-refractivity contribution in [1.82, 2.24) is 10.2 Å². The van der Waals surface area contributed by atoms with Crippen LogP contribution in [0.25, 0.3) is 0 Å². The summed E-state index contributed by atoms with van der Waals surface area (Å²) >= 11 is 1.63. The largest absolute Gasteiger partial charge is 0.410 e. The average Bonchev–Trinajstić information content (AvgIpc) is 2.76. The number of rotatable bonds is 7. The van der Waals surface area contributed by atoms with Gasteiger partial charge in [0, 0.05) is 11.7 Å². The topological polar surface area (TPSA) is 66.6 Å². The lowest BCUT2D eigenvalue weighted by molar-refractivity contribution is -0.444. The molecule has 16 heavy (non-hydrogen) atoms. The Morgan fingerprint density at radius 3 is 2.75 bits per heavy atom. The van der Waals surface area contributed by atoms with Crippen LogP contribution in [0, 0.1) is 5.92 Å². The van der Waals surface area contributed by atoms with Crippen LogP contribution in [-0.2, 0) is 0 Å². The zero-order valence-electron chi connectivity index (χ0n) is 10.4. The van der Waals surface area contributed by atoms with Crippen LogP contribution in [-0.4, -0.2) is 16.0 Å². The van der Waals surface area contributed by atoms with E-state index in [-0.39, 0.29) is 6.04 Å². The maximum atomic E-state index is 5.59. The van der Waals surface area contributed by atoms with Crippen LogP contribution >= 0.6 is 11.8 Å². The lowest BCUT2D eigenvalue weighted by atomic mass is 10.0. The minimum atomic E-state index is 0.109. The van der Waals surface area contributed by atoms with Gasteiger partial charge in [-0.05, 0) is 12.8 Å². The molecule has 4 nitrogen and oxygen atoms in total. The Hall–Kier alpha value is -0.550. The Morgan fingerprint density at radius 1 is 1.38 bits per heavy atom. The van der Waals surface area contributed by atoms with Crippen molar-refractivity contribution >= 4 is 11.8 Å². The first-order chi connectivity index (χ1) is 7.69. The molecule has 0 saturated carbocycles. The molecule has 0 radical (unpaired) electrons. The van der Waals surface area contributed by atoms with Gasteiger partial charge >= 0.3 is 0 Å². The minimum Gasteiger partial charge on any atom is -0.410 e. The van der Waals surface area contributed by atoms with E-state index in [1.807, 2.05) is 0 Å². The number of quaternary nitrogens is 1. The van der Waals surface area contributed by atoms with Crippen molar-refractivity contribution in [3.63, 3.8) is 0 Å². The summed E-state index contributed by atoms with van der Waals surface area (Å²) in [5, 5.41) is 8.78. The average molecular weight is 244 g/mol. The third-order valence-electron chi connectivity index (χ3n) is 2.79. The number of hydrogen-bond donors (Lipinski definition) is 1. The van der Waals surface area contributed by atoms with Crippen molar-refractivity contribution < 1.29 is 10.2 Å². The summed E-state index contributed by atoms with van der Waals surface area (Å²) in [6, 6.07) is 0.109. The highest BCUT2D eigenvalue weighted by molar-refractivity contribution is 7.99. The molecule has 0 aliphatic carbocycles. The second-order valence-electron chi connectivity index (χ2n) is 4.10. The van der Waals surface area contributed by atoms with Crippen LogP contribution in [0.4, 0.5) is 0 Å². The molecular weight excluding hydrogens is 222 g/mol. The normalized spacial score (nSPS) is 15.0. The predicted octanol–water partition coefficient (Wildman–Crippen LogP) is 2.29. The molecular formula is C11H22N3OS+. The van der Waals surface area contributed by atoms with E-state index in [1.165, 1.54) is 12.8 Å². The molecule has 2 atom stereocenters. The zero-order valence-corrected chi connectivity index (χ0v) is 11.2. The summed E-state index contributed by atoms with van der Waals surface area (Å²) in [6.07, 6.45) is 3.45. The second-order valence-corrected chi connectivity index (χ2v) is 5.15. The summed E-state index contributed by atoms with van der Waals surface area (Å²) < 4.78 is 5.59. The monoisotopic (exact) mass is 244 g/mol. The lowest BCUT2D eigenvalue weighted by Gasteiger charge is -2.09. The van der Waals surface area contributed by atoms with E-state index in [2.05, 4.69) is 36.7 Å². The number of hydrogen-bond acceptors (Lipinski definition) is 4. The highest BCUT2D eigenvalue weighted by atomic mass is 32.2. The van der Waals surface area contributed by atoms with Crippen LogP contribution in [0.3, 0.4) is 0 Å². The molecule has 0 aliphatic rings. The van der Waals surface area contributed by atoms with Crippen molar-refractivity contribution in [2.75, 3.05) is 5.75 Å². The summed E-state index contributed by atoms with van der Waals surface area (Å²) in [5.74, 6) is 2.20. The van der Waals surface area contributed by atoms with E-state index in [4.69, 9.17) is 4.42 Å². The van der Waals surface area contributed by atoms with Gasteiger partial charge in [-0.25, -0.2) is 0 Å². The summed E-state index contributed by atoms with van der Waals surface area (Å²) in [4.78, 5) is 0. The van der Waals surface area contributed by atoms with Gasteiger partial charge in [0.25, 0.3) is 11.1 Å². The molecule has 1 heterocycles. The Morgan fingerprint density at radius 2 is 2.12 bits per heavy atom. The van der Waals surface area contributed by atoms with Crippen LogP contribution in [0.5, 0.6) is 0 Å². The minimum absolute atomic E-state index is 0.109. The third-order valence-corrected chi connectivity index (χ3v) is 3.70. The summed E-state index contributed by atoms with van der Waals surface area (Å²) in [7, 11) is 0. The van der Waals surface area contributed by atoms with Gasteiger partial charge in [0.15, 0.2) is 6.04 Å². The molecule has 0 spiro atoms. The fourth-order valence-electron chi connectivity index (χ4n) is 1.26. The van der Waals surface area contributed by atoms with Crippen molar-refractivity contribution in [3.8, 4) is 0 Å². The fourth-order valence-corrected chi connectivity index (χ4v) is 2.11. The standard InChI is InChI=1S/C11H21N3OS/c1-4-6-7-16-11-14-13-10(15-11)9(12)8(3)5-2/h8-9H,4-7,12H2,1-3H3/p+1/t8-,9+/m1/s1. The molecule has 0 aliphatic heterocycles. The molecule has 0 saturated heterocycles. The number of thioether (sulfide) groups is 1. The molecule has 3 N–H and O–H groups in total. The lowest BCUT2D eigenvalue weighted by Crippen LogP contribution is -2.56. The highest BCUT2D eigenvalue weighted by Crippen LogP contribution is 2.23. The first-order valence-electron chi connectivity index (χ1n) is 5.98. The Balaban J connectivity index is 2.50. The SMILES string of the molecule is CCCCSc1nnc([C@@H]([NH3+])[C@H](C)CC)o1. The van der Waals surface area contributed by atoms with E-state index in [0.29, 0.717) is 17.0 Å². The van der Waals surface area contributed by atoms with Crippen LogP contribution < -0.4 is 5.73 Å². The molecule has 1 aromatic rings. The van der Waals surface area contributed by atoms with Gasteiger partial charge < -0.3 is 10.2 Å². The summed E-state index contributed by atoms with van der Waals surface area (Å²) in [6.45, 7) is 6.48. The van der Waals surface area contributed by atoms with Gasteiger partial charge in [-0.3, -0.25) is 0 Å². The smallest absolute Gasteiger partial charge is 0.276 e. The van der Waals surface area contributed by atoms with Gasteiger partial charge in [-0.2, -0.15) is 0 Å². The molecule has 5 heteroatoms. The van der Waals surface area contributed by atoms with Gasteiger partial charge in [0.05, 0.1) is 0 Å². The molecule has 0 fully saturated rings. The Labute approximate surface area is 101 Å². The molecule has 0 unspecified atom stereocenters. The number of aromatic nitrogens is 2. The van der Waals surface area contributed by atoms with E-state index in [9.17, 15) is 0 Å². The number of unbranched alkanes of at least 4 members (excludes halogenated alkanes) is 1. The zero-order chi connectivity index (χ0) is 12.0. The second kappa shape index (κ2) is 6.91. The predicted molar refractivity (Wildman–Crippen MR) is 65.0 cm³/mol. The molecule has 92 valence electrons. The van der Waals surface area contributed by atoms with Crippen molar-refractivity contribution in [2.45, 2.75) is 51.3 Å². The molecule has 1 aromatic heterocycles. The molecule has 0 amide bonds. The Kier molecular flexibility index (Phi) is 5.84. The van der Waals surface area contributed by atoms with Crippen molar-refractivity contribution in [1.29, 1.82) is 0 Å².